The maximum atomic E-state index is 15.0. The van der Waals surface area contributed by atoms with E-state index in [1.54, 1.807) is 24.3 Å². The second-order valence-corrected chi connectivity index (χ2v) is 11.1. The largest absolute Gasteiger partial charge is 0.445 e. The number of rotatable bonds is 8. The summed E-state index contributed by atoms with van der Waals surface area (Å²) in [5, 5.41) is 0.463. The first-order chi connectivity index (χ1) is 15.8. The van der Waals surface area contributed by atoms with Gasteiger partial charge in [0.15, 0.2) is 0 Å². The Balaban J connectivity index is 1.60. The zero-order valence-corrected chi connectivity index (χ0v) is 20.2. The fraction of sp³-hybridized carbons (Fsp3) is 0.400. The third kappa shape index (κ3) is 5.65. The Kier molecular flexibility index (Phi) is 7.51. The van der Waals surface area contributed by atoms with Crippen LogP contribution in [-0.2, 0) is 16.6 Å². The molecule has 1 fully saturated rings. The van der Waals surface area contributed by atoms with E-state index >= 15 is 0 Å². The highest BCUT2D eigenvalue weighted by molar-refractivity contribution is 7.89. The molecule has 3 aromatic rings. The molecular weight excluding hydrogens is 463 g/mol. The van der Waals surface area contributed by atoms with Crippen molar-refractivity contribution in [1.29, 1.82) is 0 Å². The molecule has 2 unspecified atom stereocenters. The second kappa shape index (κ2) is 10.4. The summed E-state index contributed by atoms with van der Waals surface area (Å²) in [5.41, 5.74) is 0.809. The Bertz CT molecular complexity index is 1170. The quantitative estimate of drug-likeness (QED) is 0.359. The van der Waals surface area contributed by atoms with Gasteiger partial charge in [-0.25, -0.2) is 17.8 Å². The Morgan fingerprint density at radius 3 is 2.58 bits per heavy atom. The van der Waals surface area contributed by atoms with Crippen molar-refractivity contribution in [3.8, 4) is 11.5 Å². The fourth-order valence-electron chi connectivity index (χ4n) is 4.54. The van der Waals surface area contributed by atoms with Crippen LogP contribution in [0.25, 0.3) is 11.5 Å². The van der Waals surface area contributed by atoms with E-state index in [2.05, 4.69) is 11.9 Å². The Morgan fingerprint density at radius 2 is 1.91 bits per heavy atom. The number of benzene rings is 2. The molecule has 1 aliphatic rings. The molecule has 176 valence electrons. The van der Waals surface area contributed by atoms with Gasteiger partial charge in [-0.2, -0.15) is 4.31 Å². The molecule has 0 amide bonds. The van der Waals surface area contributed by atoms with Crippen LogP contribution in [0.15, 0.2) is 64.2 Å². The highest BCUT2D eigenvalue weighted by atomic mass is 35.5. The molecule has 5 nitrogen and oxygen atoms in total. The standard InChI is InChI=1S/C25H28ClFN2O3S/c1-18-4-2-3-5-19(18)12-14-29(33(30,31)23-10-8-22(26)9-11-23)17-21-7-6-20(16-24(21)27)25-28-13-15-32-25/h6-11,13,15-16,18-19H,2-5,12,14,17H2,1H3. The summed E-state index contributed by atoms with van der Waals surface area (Å²) in [6.07, 6.45) is 8.36. The molecule has 0 aliphatic heterocycles. The van der Waals surface area contributed by atoms with E-state index in [9.17, 15) is 12.8 Å². The normalized spacial score (nSPS) is 19.2. The van der Waals surface area contributed by atoms with E-state index in [4.69, 9.17) is 16.0 Å². The van der Waals surface area contributed by atoms with Crippen LogP contribution in [0.3, 0.4) is 0 Å². The number of hydrogen-bond acceptors (Lipinski definition) is 4. The fourth-order valence-corrected chi connectivity index (χ4v) is 6.10. The molecule has 33 heavy (non-hydrogen) atoms. The number of aromatic nitrogens is 1. The van der Waals surface area contributed by atoms with E-state index in [1.807, 2.05) is 0 Å². The lowest BCUT2D eigenvalue weighted by atomic mass is 9.79. The van der Waals surface area contributed by atoms with Crippen LogP contribution in [-0.4, -0.2) is 24.3 Å². The minimum absolute atomic E-state index is 0.0518. The van der Waals surface area contributed by atoms with Gasteiger partial charge < -0.3 is 4.42 Å². The van der Waals surface area contributed by atoms with Gasteiger partial charge in [-0.1, -0.05) is 50.3 Å². The Labute approximate surface area is 199 Å². The first-order valence-corrected chi connectivity index (χ1v) is 13.1. The molecule has 0 bridgehead atoms. The molecule has 0 spiro atoms. The first kappa shape index (κ1) is 23.9. The third-order valence-corrected chi connectivity index (χ3v) is 8.68. The maximum absolute atomic E-state index is 15.0. The number of oxazole rings is 1. The van der Waals surface area contributed by atoms with Crippen molar-refractivity contribution >= 4 is 21.6 Å². The zero-order chi connectivity index (χ0) is 23.4. The van der Waals surface area contributed by atoms with E-state index in [1.165, 1.54) is 54.2 Å². The van der Waals surface area contributed by atoms with Crippen LogP contribution < -0.4 is 0 Å². The van der Waals surface area contributed by atoms with Gasteiger partial charge in [0, 0.05) is 29.2 Å². The smallest absolute Gasteiger partial charge is 0.243 e. The van der Waals surface area contributed by atoms with E-state index in [-0.39, 0.29) is 11.4 Å². The summed E-state index contributed by atoms with van der Waals surface area (Å²) in [6, 6.07) is 10.7. The molecule has 2 atom stereocenters. The highest BCUT2D eigenvalue weighted by Gasteiger charge is 2.28. The van der Waals surface area contributed by atoms with Gasteiger partial charge in [0.05, 0.1) is 11.1 Å². The van der Waals surface area contributed by atoms with Crippen LogP contribution in [0, 0.1) is 17.7 Å². The van der Waals surface area contributed by atoms with E-state index < -0.39 is 15.8 Å². The van der Waals surface area contributed by atoms with Gasteiger partial charge in [-0.3, -0.25) is 0 Å². The molecule has 2 aromatic carbocycles. The molecule has 1 heterocycles. The highest BCUT2D eigenvalue weighted by Crippen LogP contribution is 2.33. The second-order valence-electron chi connectivity index (χ2n) is 8.75. The van der Waals surface area contributed by atoms with Crippen molar-refractivity contribution in [3.63, 3.8) is 0 Å². The molecule has 4 rings (SSSR count). The lowest BCUT2D eigenvalue weighted by molar-refractivity contribution is 0.224. The molecular formula is C25H28ClFN2O3S. The summed E-state index contributed by atoms with van der Waals surface area (Å²) in [5.74, 6) is 0.861. The minimum Gasteiger partial charge on any atom is -0.445 e. The SMILES string of the molecule is CC1CCCCC1CCN(Cc1ccc(-c2ncco2)cc1F)S(=O)(=O)c1ccc(Cl)cc1. The van der Waals surface area contributed by atoms with Crippen LogP contribution in [0.2, 0.25) is 5.02 Å². The topological polar surface area (TPSA) is 63.4 Å². The number of sulfonamides is 1. The van der Waals surface area contributed by atoms with Crippen molar-refractivity contribution < 1.29 is 17.2 Å². The molecule has 8 heteroatoms. The van der Waals surface area contributed by atoms with Crippen molar-refractivity contribution in [2.75, 3.05) is 6.54 Å². The number of hydrogen-bond donors (Lipinski definition) is 0. The van der Waals surface area contributed by atoms with Crippen LogP contribution in [0.4, 0.5) is 4.39 Å². The van der Waals surface area contributed by atoms with Gasteiger partial charge in [0.1, 0.15) is 12.1 Å². The molecule has 0 saturated heterocycles. The van der Waals surface area contributed by atoms with Crippen molar-refractivity contribution in [1.82, 2.24) is 9.29 Å². The Morgan fingerprint density at radius 1 is 1.15 bits per heavy atom. The third-order valence-electron chi connectivity index (χ3n) is 6.57. The zero-order valence-electron chi connectivity index (χ0n) is 18.6. The first-order valence-electron chi connectivity index (χ1n) is 11.3. The van der Waals surface area contributed by atoms with Crippen molar-refractivity contribution in [3.05, 3.63) is 71.3 Å². The van der Waals surface area contributed by atoms with Crippen LogP contribution >= 0.6 is 11.6 Å². The van der Waals surface area contributed by atoms with Crippen molar-refractivity contribution in [2.45, 2.75) is 50.5 Å². The van der Waals surface area contributed by atoms with Crippen molar-refractivity contribution in [2.24, 2.45) is 11.8 Å². The van der Waals surface area contributed by atoms with E-state index in [0.29, 0.717) is 40.4 Å². The van der Waals surface area contributed by atoms with Gasteiger partial charge >= 0.3 is 0 Å². The molecule has 1 aromatic heterocycles. The molecule has 1 saturated carbocycles. The minimum atomic E-state index is -3.83. The van der Waals surface area contributed by atoms with E-state index in [0.717, 1.165) is 12.8 Å². The number of nitrogens with zero attached hydrogens (tertiary/aromatic N) is 2. The summed E-state index contributed by atoms with van der Waals surface area (Å²) in [7, 11) is -3.83. The molecule has 0 radical (unpaired) electrons. The Hall–Kier alpha value is -2.22. The lowest BCUT2D eigenvalue weighted by Crippen LogP contribution is -2.34. The molecule has 1 aliphatic carbocycles. The monoisotopic (exact) mass is 490 g/mol. The summed E-state index contributed by atoms with van der Waals surface area (Å²) < 4.78 is 48.6. The summed E-state index contributed by atoms with van der Waals surface area (Å²) >= 11 is 5.96. The lowest BCUT2D eigenvalue weighted by Gasteiger charge is -2.31. The van der Waals surface area contributed by atoms with Gasteiger partial charge in [0.2, 0.25) is 15.9 Å². The van der Waals surface area contributed by atoms with Crippen LogP contribution in [0.1, 0.15) is 44.6 Å². The predicted octanol–water partition coefficient (Wildman–Crippen LogP) is 6.54. The van der Waals surface area contributed by atoms with Crippen LogP contribution in [0.5, 0.6) is 0 Å². The summed E-state index contributed by atoms with van der Waals surface area (Å²) in [4.78, 5) is 4.20. The van der Waals surface area contributed by atoms with Gasteiger partial charge in [0.25, 0.3) is 0 Å². The average Bonchev–Trinajstić information content (AvgIpc) is 3.34. The molecule has 0 N–H and O–H groups in total. The summed E-state index contributed by atoms with van der Waals surface area (Å²) in [6.45, 7) is 2.52. The van der Waals surface area contributed by atoms with Gasteiger partial charge in [-0.15, -0.1) is 0 Å². The average molecular weight is 491 g/mol. The van der Waals surface area contributed by atoms with Gasteiger partial charge in [-0.05, 0) is 54.7 Å². The number of halogens is 2. The maximum Gasteiger partial charge on any atom is 0.243 e. The predicted molar refractivity (Wildman–Crippen MR) is 127 cm³/mol.